The van der Waals surface area contributed by atoms with Crippen molar-refractivity contribution in [2.24, 2.45) is 0 Å². The Morgan fingerprint density at radius 1 is 1.45 bits per heavy atom. The van der Waals surface area contributed by atoms with Crippen molar-refractivity contribution in [3.8, 4) is 0 Å². The van der Waals surface area contributed by atoms with Crippen molar-refractivity contribution in [1.29, 1.82) is 0 Å². The van der Waals surface area contributed by atoms with Gasteiger partial charge in [0.05, 0.1) is 12.2 Å². The van der Waals surface area contributed by atoms with Gasteiger partial charge in [0.1, 0.15) is 17.6 Å². The molecule has 1 amide bonds. The van der Waals surface area contributed by atoms with E-state index in [2.05, 4.69) is 20.9 Å². The molecule has 0 saturated heterocycles. The quantitative estimate of drug-likeness (QED) is 0.797. The summed E-state index contributed by atoms with van der Waals surface area (Å²) in [7, 11) is 0. The molecule has 116 valence electrons. The number of rotatable bonds is 4. The van der Waals surface area contributed by atoms with Gasteiger partial charge in [-0.25, -0.2) is 5.43 Å². The van der Waals surface area contributed by atoms with Gasteiger partial charge in [-0.2, -0.15) is 0 Å². The first-order valence-electron chi connectivity index (χ1n) is 7.11. The van der Waals surface area contributed by atoms with E-state index in [9.17, 15) is 4.79 Å². The first-order valence-corrected chi connectivity index (χ1v) is 7.11. The molecule has 3 heterocycles. The van der Waals surface area contributed by atoms with Gasteiger partial charge in [-0.15, -0.1) is 0 Å². The van der Waals surface area contributed by atoms with Crippen LogP contribution in [0.3, 0.4) is 0 Å². The molecule has 0 aromatic carbocycles. The predicted molar refractivity (Wildman–Crippen MR) is 80.6 cm³/mol. The molecule has 7 heteroatoms. The first-order chi connectivity index (χ1) is 10.5. The fraction of sp³-hybridized carbons (Fsp3) is 0.333. The number of hydrazine groups is 1. The summed E-state index contributed by atoms with van der Waals surface area (Å²) in [4.78, 5) is 15.0. The van der Waals surface area contributed by atoms with E-state index in [1.165, 1.54) is 0 Å². The van der Waals surface area contributed by atoms with Crippen LogP contribution in [-0.4, -0.2) is 27.2 Å². The van der Waals surface area contributed by atoms with Crippen molar-refractivity contribution >= 4 is 5.91 Å². The highest BCUT2D eigenvalue weighted by atomic mass is 16.5. The lowest BCUT2D eigenvalue weighted by atomic mass is 10.2. The zero-order valence-corrected chi connectivity index (χ0v) is 12.8. The number of aryl methyl sites for hydroxylation is 3. The number of nitrogens with one attached hydrogen (secondary N) is 3. The zero-order chi connectivity index (χ0) is 15.7. The van der Waals surface area contributed by atoms with Gasteiger partial charge in [0.2, 0.25) is 0 Å². The van der Waals surface area contributed by atoms with Crippen LogP contribution < -0.4 is 10.7 Å². The number of carbonyl (C=O) groups excluding carboxylic acids is 1. The average Bonchev–Trinajstić information content (AvgIpc) is 3.17. The number of hydrogen-bond acceptors (Lipinski definition) is 5. The van der Waals surface area contributed by atoms with Gasteiger partial charge in [0.25, 0.3) is 5.91 Å². The van der Waals surface area contributed by atoms with Crippen LogP contribution in [0.4, 0.5) is 0 Å². The van der Waals surface area contributed by atoms with Gasteiger partial charge in [-0.1, -0.05) is 5.16 Å². The average molecular weight is 301 g/mol. The maximum atomic E-state index is 12.1. The van der Waals surface area contributed by atoms with Crippen molar-refractivity contribution < 1.29 is 9.32 Å². The van der Waals surface area contributed by atoms with Crippen LogP contribution in [0.5, 0.6) is 0 Å². The summed E-state index contributed by atoms with van der Waals surface area (Å²) in [6, 6.07) is 1.82. The minimum absolute atomic E-state index is 0.144. The van der Waals surface area contributed by atoms with E-state index in [4.69, 9.17) is 4.52 Å². The minimum atomic E-state index is -0.239. The van der Waals surface area contributed by atoms with Crippen molar-refractivity contribution in [3.63, 3.8) is 0 Å². The first kappa shape index (κ1) is 14.4. The highest BCUT2D eigenvalue weighted by molar-refractivity contribution is 5.92. The highest BCUT2D eigenvalue weighted by Gasteiger charge is 2.20. The molecule has 1 unspecified atom stereocenters. The Morgan fingerprint density at radius 2 is 2.27 bits per heavy atom. The molecule has 0 fully saturated rings. The number of aromatic nitrogens is 2. The number of nitrogens with zero attached hydrogens (tertiary/aromatic N) is 2. The second kappa shape index (κ2) is 5.69. The molecule has 0 aliphatic carbocycles. The highest BCUT2D eigenvalue weighted by Crippen LogP contribution is 2.16. The van der Waals surface area contributed by atoms with E-state index in [0.717, 1.165) is 22.6 Å². The van der Waals surface area contributed by atoms with Crippen LogP contribution in [0, 0.1) is 20.8 Å². The Balaban J connectivity index is 1.57. The fourth-order valence-corrected chi connectivity index (χ4v) is 2.38. The van der Waals surface area contributed by atoms with Crippen molar-refractivity contribution in [3.05, 3.63) is 52.8 Å². The molecule has 1 aliphatic heterocycles. The maximum Gasteiger partial charge on any atom is 0.269 e. The molecule has 3 N–H and O–H groups in total. The summed E-state index contributed by atoms with van der Waals surface area (Å²) >= 11 is 0. The van der Waals surface area contributed by atoms with E-state index in [1.807, 2.05) is 44.1 Å². The maximum absolute atomic E-state index is 12.1. The van der Waals surface area contributed by atoms with Gasteiger partial charge >= 0.3 is 0 Å². The molecular formula is C15H19N5O2. The van der Waals surface area contributed by atoms with Crippen LogP contribution >= 0.6 is 0 Å². The molecular weight excluding hydrogens is 282 g/mol. The lowest BCUT2D eigenvalue weighted by molar-refractivity contribution is 0.0921. The molecule has 22 heavy (non-hydrogen) atoms. The van der Waals surface area contributed by atoms with E-state index in [-0.39, 0.29) is 12.1 Å². The van der Waals surface area contributed by atoms with E-state index in [1.54, 1.807) is 6.20 Å². The Morgan fingerprint density at radius 3 is 2.91 bits per heavy atom. The van der Waals surface area contributed by atoms with Gasteiger partial charge in [-0.3, -0.25) is 4.79 Å². The van der Waals surface area contributed by atoms with Crippen LogP contribution in [0.25, 0.3) is 0 Å². The van der Waals surface area contributed by atoms with Crippen molar-refractivity contribution in [2.75, 3.05) is 0 Å². The summed E-state index contributed by atoms with van der Waals surface area (Å²) in [6.45, 7) is 6.37. The number of hydrogen-bond donors (Lipinski definition) is 3. The second-order valence-corrected chi connectivity index (χ2v) is 5.44. The standard InChI is InChI=1S/C15H19N5O2/c1-9-6-13(16-7-9)15(21)17-14-4-5-20(18-14)8-12-10(2)19-22-11(12)3/h4-7,14,16,18H,8H2,1-3H3,(H,17,21). The molecule has 1 atom stereocenters. The zero-order valence-electron chi connectivity index (χ0n) is 12.8. The fourth-order valence-electron chi connectivity index (χ4n) is 2.38. The van der Waals surface area contributed by atoms with Crippen LogP contribution in [0.2, 0.25) is 0 Å². The third-order valence-electron chi connectivity index (χ3n) is 3.63. The number of aromatic amines is 1. The monoisotopic (exact) mass is 301 g/mol. The SMILES string of the molecule is Cc1c[nH]c(C(=O)NC2C=CN(Cc3c(C)noc3C)N2)c1. The smallest absolute Gasteiger partial charge is 0.269 e. The summed E-state index contributed by atoms with van der Waals surface area (Å²) in [5.74, 6) is 0.663. The third-order valence-corrected chi connectivity index (χ3v) is 3.63. The van der Waals surface area contributed by atoms with Gasteiger partial charge in [0, 0.05) is 18.0 Å². The minimum Gasteiger partial charge on any atom is -0.361 e. The lowest BCUT2D eigenvalue weighted by Crippen LogP contribution is -2.46. The van der Waals surface area contributed by atoms with E-state index >= 15 is 0 Å². The Hall–Kier alpha value is -2.54. The Bertz CT molecular complexity index is 696. The molecule has 1 aliphatic rings. The topological polar surface area (TPSA) is 86.2 Å². The van der Waals surface area contributed by atoms with Gasteiger partial charge in [-0.05, 0) is 38.5 Å². The van der Waals surface area contributed by atoms with Gasteiger partial charge in [0.15, 0.2) is 0 Å². The van der Waals surface area contributed by atoms with Crippen LogP contribution in [0.15, 0.2) is 29.1 Å². The Labute approximate surface area is 128 Å². The molecule has 3 rings (SSSR count). The third kappa shape index (κ3) is 2.89. The largest absolute Gasteiger partial charge is 0.361 e. The van der Waals surface area contributed by atoms with Crippen LogP contribution in [0.1, 0.15) is 33.1 Å². The molecule has 7 nitrogen and oxygen atoms in total. The molecule has 2 aromatic heterocycles. The van der Waals surface area contributed by atoms with Gasteiger partial charge < -0.3 is 19.8 Å². The van der Waals surface area contributed by atoms with E-state index in [0.29, 0.717) is 12.2 Å². The summed E-state index contributed by atoms with van der Waals surface area (Å²) < 4.78 is 5.15. The Kier molecular flexibility index (Phi) is 3.72. The summed E-state index contributed by atoms with van der Waals surface area (Å²) in [5, 5.41) is 8.74. The lowest BCUT2D eigenvalue weighted by Gasteiger charge is -2.20. The number of carbonyl (C=O) groups is 1. The second-order valence-electron chi connectivity index (χ2n) is 5.44. The summed E-state index contributed by atoms with van der Waals surface area (Å²) in [6.07, 6.45) is 5.36. The number of H-pyrrole nitrogens is 1. The molecule has 0 radical (unpaired) electrons. The predicted octanol–water partition coefficient (Wildman–Crippen LogP) is 1.52. The van der Waals surface area contributed by atoms with Crippen molar-refractivity contribution in [1.82, 2.24) is 25.9 Å². The number of amides is 1. The van der Waals surface area contributed by atoms with Crippen LogP contribution in [-0.2, 0) is 6.54 Å². The summed E-state index contributed by atoms with van der Waals surface area (Å²) in [5.41, 5.74) is 6.70. The van der Waals surface area contributed by atoms with Crippen molar-refractivity contribution in [2.45, 2.75) is 33.5 Å². The molecule has 0 saturated carbocycles. The molecule has 0 spiro atoms. The molecule has 2 aromatic rings. The van der Waals surface area contributed by atoms with E-state index < -0.39 is 0 Å². The normalized spacial score (nSPS) is 17.2. The molecule has 0 bridgehead atoms.